The van der Waals surface area contributed by atoms with Crippen molar-refractivity contribution in [2.75, 3.05) is 7.05 Å². The lowest BCUT2D eigenvalue weighted by Gasteiger charge is -2.17. The molecule has 2 rings (SSSR count). The fourth-order valence-electron chi connectivity index (χ4n) is 2.44. The third kappa shape index (κ3) is 3.93. The molecule has 0 saturated heterocycles. The summed E-state index contributed by atoms with van der Waals surface area (Å²) < 4.78 is 0. The van der Waals surface area contributed by atoms with Crippen LogP contribution in [-0.4, -0.2) is 7.05 Å². The molecule has 0 spiro atoms. The summed E-state index contributed by atoms with van der Waals surface area (Å²) in [6.45, 7) is 2.22. The first kappa shape index (κ1) is 13.8. The highest BCUT2D eigenvalue weighted by Crippen LogP contribution is 2.19. The second-order valence-corrected chi connectivity index (χ2v) is 5.02. The van der Waals surface area contributed by atoms with E-state index >= 15 is 0 Å². The van der Waals surface area contributed by atoms with Crippen molar-refractivity contribution in [1.82, 2.24) is 5.32 Å². The summed E-state index contributed by atoms with van der Waals surface area (Å²) >= 11 is 0. The lowest BCUT2D eigenvalue weighted by atomic mass is 9.97. The van der Waals surface area contributed by atoms with Crippen molar-refractivity contribution in [2.24, 2.45) is 0 Å². The quantitative estimate of drug-likeness (QED) is 0.815. The van der Waals surface area contributed by atoms with Crippen LogP contribution in [0.2, 0.25) is 0 Å². The third-order valence-electron chi connectivity index (χ3n) is 3.55. The molecule has 1 N–H and O–H groups in total. The van der Waals surface area contributed by atoms with Crippen molar-refractivity contribution in [1.29, 1.82) is 0 Å². The van der Waals surface area contributed by atoms with E-state index in [2.05, 4.69) is 66.8 Å². The van der Waals surface area contributed by atoms with Crippen LogP contribution in [0.3, 0.4) is 0 Å². The predicted octanol–water partition coefficient (Wildman–Crippen LogP) is 4.14. The van der Waals surface area contributed by atoms with Crippen LogP contribution < -0.4 is 5.32 Å². The second kappa shape index (κ2) is 7.10. The van der Waals surface area contributed by atoms with Crippen LogP contribution in [0.25, 0.3) is 0 Å². The fourth-order valence-corrected chi connectivity index (χ4v) is 2.44. The zero-order valence-electron chi connectivity index (χ0n) is 11.9. The van der Waals surface area contributed by atoms with E-state index in [9.17, 15) is 0 Å². The monoisotopic (exact) mass is 253 g/mol. The normalized spacial score (nSPS) is 12.3. The van der Waals surface area contributed by atoms with Crippen molar-refractivity contribution in [3.05, 3.63) is 71.3 Å². The summed E-state index contributed by atoms with van der Waals surface area (Å²) in [6, 6.07) is 20.1. The minimum atomic E-state index is 0.387. The third-order valence-corrected chi connectivity index (χ3v) is 3.55. The average molecular weight is 253 g/mol. The Morgan fingerprint density at radius 1 is 0.895 bits per heavy atom. The first-order chi connectivity index (χ1) is 9.33. The van der Waals surface area contributed by atoms with Gasteiger partial charge >= 0.3 is 0 Å². The summed E-state index contributed by atoms with van der Waals surface area (Å²) in [6.07, 6.45) is 3.41. The van der Waals surface area contributed by atoms with E-state index in [0.717, 1.165) is 6.42 Å². The van der Waals surface area contributed by atoms with Crippen molar-refractivity contribution in [2.45, 2.75) is 32.2 Å². The number of aryl methyl sites for hydroxylation is 1. The molecule has 2 aromatic carbocycles. The lowest BCUT2D eigenvalue weighted by molar-refractivity contribution is 0.592. The average Bonchev–Trinajstić information content (AvgIpc) is 2.47. The molecule has 1 unspecified atom stereocenters. The van der Waals surface area contributed by atoms with Crippen molar-refractivity contribution < 1.29 is 0 Å². The minimum absolute atomic E-state index is 0.387. The Labute approximate surface area is 116 Å². The first-order valence-corrected chi connectivity index (χ1v) is 7.13. The van der Waals surface area contributed by atoms with E-state index in [4.69, 9.17) is 0 Å². The molecular formula is C18H23N. The topological polar surface area (TPSA) is 12.0 Å². The number of nitrogens with one attached hydrogen (secondary N) is 1. The Morgan fingerprint density at radius 2 is 1.58 bits per heavy atom. The summed E-state index contributed by atoms with van der Waals surface area (Å²) in [7, 11) is 2.04. The largest absolute Gasteiger partial charge is 0.313 e. The van der Waals surface area contributed by atoms with Crippen LogP contribution >= 0.6 is 0 Å². The zero-order valence-corrected chi connectivity index (χ0v) is 11.9. The van der Waals surface area contributed by atoms with Gasteiger partial charge in [-0.1, -0.05) is 67.9 Å². The van der Waals surface area contributed by atoms with Gasteiger partial charge in [0.05, 0.1) is 0 Å². The van der Waals surface area contributed by atoms with Gasteiger partial charge in [0.25, 0.3) is 0 Å². The Balaban J connectivity index is 2.08. The fraction of sp³-hybridized carbons (Fsp3) is 0.333. The molecule has 0 aromatic heterocycles. The van der Waals surface area contributed by atoms with Crippen molar-refractivity contribution in [3.63, 3.8) is 0 Å². The predicted molar refractivity (Wildman–Crippen MR) is 82.4 cm³/mol. The SMILES string of the molecule is CCCc1ccc(C(Cc2ccccc2)NC)cc1. The molecule has 19 heavy (non-hydrogen) atoms. The second-order valence-electron chi connectivity index (χ2n) is 5.02. The first-order valence-electron chi connectivity index (χ1n) is 7.13. The van der Waals surface area contributed by atoms with Crippen LogP contribution in [0.5, 0.6) is 0 Å². The maximum atomic E-state index is 3.42. The molecule has 0 heterocycles. The summed E-state index contributed by atoms with van der Waals surface area (Å²) in [5.74, 6) is 0. The van der Waals surface area contributed by atoms with E-state index in [1.807, 2.05) is 7.05 Å². The molecule has 0 aliphatic heterocycles. The molecule has 0 bridgehead atoms. The molecule has 2 aromatic rings. The summed E-state index contributed by atoms with van der Waals surface area (Å²) in [4.78, 5) is 0. The standard InChI is InChI=1S/C18H23N/c1-3-7-15-10-12-17(13-11-15)18(19-2)14-16-8-5-4-6-9-16/h4-6,8-13,18-19H,3,7,14H2,1-2H3. The van der Waals surface area contributed by atoms with Gasteiger partial charge in [-0.25, -0.2) is 0 Å². The van der Waals surface area contributed by atoms with Gasteiger partial charge in [-0.3, -0.25) is 0 Å². The molecule has 0 aliphatic carbocycles. The molecule has 0 amide bonds. The Hall–Kier alpha value is -1.60. The summed E-state index contributed by atoms with van der Waals surface area (Å²) in [5, 5.41) is 3.42. The molecule has 100 valence electrons. The maximum absolute atomic E-state index is 3.42. The van der Waals surface area contributed by atoms with Crippen LogP contribution in [0.15, 0.2) is 54.6 Å². The molecule has 1 nitrogen and oxygen atoms in total. The van der Waals surface area contributed by atoms with Gasteiger partial charge in [0, 0.05) is 6.04 Å². The highest BCUT2D eigenvalue weighted by atomic mass is 14.9. The number of likely N-dealkylation sites (N-methyl/N-ethyl adjacent to an activating group) is 1. The lowest BCUT2D eigenvalue weighted by Crippen LogP contribution is -2.18. The molecule has 1 atom stereocenters. The van der Waals surface area contributed by atoms with E-state index < -0.39 is 0 Å². The van der Waals surface area contributed by atoms with Gasteiger partial charge in [-0.05, 0) is 36.6 Å². The molecule has 0 aliphatic rings. The van der Waals surface area contributed by atoms with Gasteiger partial charge in [0.2, 0.25) is 0 Å². The van der Waals surface area contributed by atoms with Gasteiger partial charge in [0.15, 0.2) is 0 Å². The molecule has 0 saturated carbocycles. The van der Waals surface area contributed by atoms with Crippen molar-refractivity contribution >= 4 is 0 Å². The molecule has 0 radical (unpaired) electrons. The Morgan fingerprint density at radius 3 is 2.16 bits per heavy atom. The Bertz CT molecular complexity index is 473. The molecule has 1 heteroatoms. The van der Waals surface area contributed by atoms with Crippen molar-refractivity contribution in [3.8, 4) is 0 Å². The zero-order chi connectivity index (χ0) is 13.5. The number of hydrogen-bond donors (Lipinski definition) is 1. The van der Waals surface area contributed by atoms with E-state index in [-0.39, 0.29) is 0 Å². The van der Waals surface area contributed by atoms with Gasteiger partial charge in [-0.2, -0.15) is 0 Å². The van der Waals surface area contributed by atoms with Crippen LogP contribution in [-0.2, 0) is 12.8 Å². The van der Waals surface area contributed by atoms with Gasteiger partial charge < -0.3 is 5.32 Å². The maximum Gasteiger partial charge on any atom is 0.0358 e. The number of hydrogen-bond acceptors (Lipinski definition) is 1. The number of rotatable bonds is 6. The van der Waals surface area contributed by atoms with Crippen LogP contribution in [0.1, 0.15) is 36.1 Å². The smallest absolute Gasteiger partial charge is 0.0358 e. The Kier molecular flexibility index (Phi) is 5.17. The minimum Gasteiger partial charge on any atom is -0.313 e. The highest BCUT2D eigenvalue weighted by molar-refractivity contribution is 5.27. The van der Waals surface area contributed by atoms with Crippen LogP contribution in [0.4, 0.5) is 0 Å². The van der Waals surface area contributed by atoms with E-state index in [1.165, 1.54) is 29.5 Å². The van der Waals surface area contributed by atoms with Gasteiger partial charge in [-0.15, -0.1) is 0 Å². The van der Waals surface area contributed by atoms with E-state index in [0.29, 0.717) is 6.04 Å². The van der Waals surface area contributed by atoms with Crippen LogP contribution in [0, 0.1) is 0 Å². The molecule has 0 fully saturated rings. The highest BCUT2D eigenvalue weighted by Gasteiger charge is 2.09. The molecular weight excluding hydrogens is 230 g/mol. The van der Waals surface area contributed by atoms with E-state index in [1.54, 1.807) is 0 Å². The summed E-state index contributed by atoms with van der Waals surface area (Å²) in [5.41, 5.74) is 4.17. The van der Waals surface area contributed by atoms with Gasteiger partial charge in [0.1, 0.15) is 0 Å². The number of benzene rings is 2.